The van der Waals surface area contributed by atoms with Crippen molar-refractivity contribution in [2.75, 3.05) is 32.9 Å². The first kappa shape index (κ1) is 31.5. The highest BCUT2D eigenvalue weighted by molar-refractivity contribution is 5.82. The van der Waals surface area contributed by atoms with Gasteiger partial charge in [0.1, 0.15) is 5.75 Å². The molecule has 0 saturated carbocycles. The summed E-state index contributed by atoms with van der Waals surface area (Å²) in [5.74, 6) is 0.667. The molecule has 3 unspecified atom stereocenters. The fraction of sp³-hybridized carbons (Fsp3) is 0.378. The average Bonchev–Trinajstić information content (AvgIpc) is 3.06. The van der Waals surface area contributed by atoms with E-state index in [4.69, 9.17) is 18.9 Å². The molecule has 0 aliphatic carbocycles. The molecule has 5 rings (SSSR count). The Kier molecular flexibility index (Phi) is 11.6. The van der Waals surface area contributed by atoms with E-state index in [0.29, 0.717) is 39.6 Å². The second kappa shape index (κ2) is 16.2. The number of fused-ring (bicyclic) bond motifs is 1. The van der Waals surface area contributed by atoms with Crippen LogP contribution in [-0.2, 0) is 27.4 Å². The molecule has 1 fully saturated rings. The van der Waals surface area contributed by atoms with Crippen LogP contribution >= 0.6 is 0 Å². The predicted octanol–water partition coefficient (Wildman–Crippen LogP) is 7.67. The van der Waals surface area contributed by atoms with Crippen LogP contribution in [0.2, 0.25) is 0 Å². The lowest BCUT2D eigenvalue weighted by molar-refractivity contribution is -0.0896. The van der Waals surface area contributed by atoms with Crippen molar-refractivity contribution >= 4 is 16.9 Å². The number of amides is 1. The van der Waals surface area contributed by atoms with Crippen molar-refractivity contribution in [2.45, 2.75) is 57.5 Å². The Bertz CT molecular complexity index is 1440. The molecular formula is C37H43NO6. The second-order valence-electron chi connectivity index (χ2n) is 11.3. The summed E-state index contributed by atoms with van der Waals surface area (Å²) < 4.78 is 24.6. The highest BCUT2D eigenvalue weighted by atomic mass is 16.5. The van der Waals surface area contributed by atoms with Gasteiger partial charge in [-0.1, -0.05) is 92.2 Å². The average molecular weight is 598 g/mol. The molecular weight excluding hydrogens is 554 g/mol. The molecule has 0 spiro atoms. The fourth-order valence-corrected chi connectivity index (χ4v) is 5.69. The van der Waals surface area contributed by atoms with E-state index in [9.17, 15) is 9.90 Å². The minimum absolute atomic E-state index is 0.122. The van der Waals surface area contributed by atoms with Gasteiger partial charge in [-0.15, -0.1) is 0 Å². The number of hydrogen-bond acceptors (Lipinski definition) is 5. The highest BCUT2D eigenvalue weighted by Gasteiger charge is 2.41. The number of nitrogens with zero attached hydrogens (tertiary/aromatic N) is 1. The van der Waals surface area contributed by atoms with E-state index in [1.54, 1.807) is 0 Å². The third-order valence-electron chi connectivity index (χ3n) is 8.06. The summed E-state index contributed by atoms with van der Waals surface area (Å²) in [6, 6.07) is 32.8. The molecule has 0 aromatic heterocycles. The minimum atomic E-state index is -0.955. The Hall–Kier alpha value is -3.91. The molecule has 232 valence electrons. The first-order valence-electron chi connectivity index (χ1n) is 15.6. The van der Waals surface area contributed by atoms with Crippen LogP contribution in [0.4, 0.5) is 4.79 Å². The normalized spacial score (nSPS) is 18.4. The molecule has 7 heteroatoms. The summed E-state index contributed by atoms with van der Waals surface area (Å²) in [4.78, 5) is 13.5. The molecule has 0 radical (unpaired) electrons. The van der Waals surface area contributed by atoms with Crippen LogP contribution in [0.3, 0.4) is 0 Å². The largest absolute Gasteiger partial charge is 0.494 e. The molecule has 44 heavy (non-hydrogen) atoms. The van der Waals surface area contributed by atoms with Crippen LogP contribution < -0.4 is 4.74 Å². The molecule has 7 nitrogen and oxygen atoms in total. The predicted molar refractivity (Wildman–Crippen MR) is 172 cm³/mol. The zero-order valence-corrected chi connectivity index (χ0v) is 25.5. The maximum Gasteiger partial charge on any atom is 0.407 e. The topological polar surface area (TPSA) is 77.5 Å². The van der Waals surface area contributed by atoms with E-state index in [1.807, 2.05) is 42.5 Å². The molecule has 4 aromatic carbocycles. The minimum Gasteiger partial charge on any atom is -0.494 e. The number of carboxylic acid groups (broad SMARTS) is 1. The van der Waals surface area contributed by atoms with E-state index in [1.165, 1.54) is 10.3 Å². The van der Waals surface area contributed by atoms with Gasteiger partial charge < -0.3 is 29.0 Å². The van der Waals surface area contributed by atoms with Crippen LogP contribution in [-0.4, -0.2) is 61.2 Å². The number of carbonyl (C=O) groups is 1. The van der Waals surface area contributed by atoms with Gasteiger partial charge in [-0.25, -0.2) is 4.79 Å². The van der Waals surface area contributed by atoms with Crippen LogP contribution in [0, 0.1) is 0 Å². The monoisotopic (exact) mass is 597 g/mol. The number of rotatable bonds is 15. The SMILES string of the molecule is CCCCOC1CN(C(=O)O)CC(OCc2ccc3ccccc3c2)C1c1ccc(OCCCOCc2ccccc2)cc1. The van der Waals surface area contributed by atoms with Crippen LogP contribution in [0.5, 0.6) is 5.75 Å². The lowest BCUT2D eigenvalue weighted by Crippen LogP contribution is -2.54. The van der Waals surface area contributed by atoms with E-state index < -0.39 is 6.09 Å². The third-order valence-corrected chi connectivity index (χ3v) is 8.06. The molecule has 4 aromatic rings. The Morgan fingerprint density at radius 1 is 0.750 bits per heavy atom. The number of piperidine rings is 1. The maximum absolute atomic E-state index is 12.1. The van der Waals surface area contributed by atoms with E-state index >= 15 is 0 Å². The molecule has 1 aliphatic heterocycles. The maximum atomic E-state index is 12.1. The van der Waals surface area contributed by atoms with Gasteiger partial charge in [-0.05, 0) is 52.1 Å². The van der Waals surface area contributed by atoms with Gasteiger partial charge in [-0.2, -0.15) is 0 Å². The highest BCUT2D eigenvalue weighted by Crippen LogP contribution is 2.35. The van der Waals surface area contributed by atoms with Crippen LogP contribution in [0.25, 0.3) is 10.8 Å². The number of benzene rings is 4. The van der Waals surface area contributed by atoms with Gasteiger partial charge in [0.2, 0.25) is 0 Å². The quantitative estimate of drug-likeness (QED) is 0.142. The Labute approximate surface area is 260 Å². The van der Waals surface area contributed by atoms with E-state index in [0.717, 1.165) is 47.1 Å². The fourth-order valence-electron chi connectivity index (χ4n) is 5.69. The lowest BCUT2D eigenvalue weighted by atomic mass is 9.84. The Balaban J connectivity index is 1.24. The number of hydrogen-bond donors (Lipinski definition) is 1. The smallest absolute Gasteiger partial charge is 0.407 e. The van der Waals surface area contributed by atoms with Gasteiger partial charge in [0.15, 0.2) is 0 Å². The summed E-state index contributed by atoms with van der Waals surface area (Å²) in [5.41, 5.74) is 3.27. The zero-order chi connectivity index (χ0) is 30.6. The first-order chi connectivity index (χ1) is 21.6. The van der Waals surface area contributed by atoms with Crippen molar-refractivity contribution in [1.82, 2.24) is 4.90 Å². The number of unbranched alkanes of at least 4 members (excludes halogenated alkanes) is 1. The Morgan fingerprint density at radius 3 is 2.23 bits per heavy atom. The zero-order valence-electron chi connectivity index (χ0n) is 25.5. The van der Waals surface area contributed by atoms with Crippen LogP contribution in [0.1, 0.15) is 48.8 Å². The number of ether oxygens (including phenoxy) is 4. The van der Waals surface area contributed by atoms with Gasteiger partial charge in [-0.3, -0.25) is 0 Å². The standard InChI is InChI=1S/C37H43NO6/c1-2-3-21-43-34-24-38(37(39)40)25-35(44-27-29-14-15-30-12-7-8-13-32(30)23-29)36(34)31-16-18-33(19-17-31)42-22-9-20-41-26-28-10-5-4-6-11-28/h4-8,10-19,23,34-36H,2-3,9,20-22,24-27H2,1H3,(H,39,40). The van der Waals surface area contributed by atoms with Crippen LogP contribution in [0.15, 0.2) is 97.1 Å². The summed E-state index contributed by atoms with van der Waals surface area (Å²) in [6.45, 7) is 5.46. The van der Waals surface area contributed by atoms with Gasteiger partial charge >= 0.3 is 6.09 Å². The van der Waals surface area contributed by atoms with Gasteiger partial charge in [0.25, 0.3) is 0 Å². The van der Waals surface area contributed by atoms with Crippen molar-refractivity contribution in [3.05, 3.63) is 114 Å². The summed E-state index contributed by atoms with van der Waals surface area (Å²) >= 11 is 0. The molecule has 3 atom stereocenters. The molecule has 1 saturated heterocycles. The lowest BCUT2D eigenvalue weighted by Gasteiger charge is -2.42. The van der Waals surface area contributed by atoms with Crippen molar-refractivity contribution in [3.63, 3.8) is 0 Å². The summed E-state index contributed by atoms with van der Waals surface area (Å²) in [6.07, 6.45) is 1.07. The summed E-state index contributed by atoms with van der Waals surface area (Å²) in [5, 5.41) is 12.3. The number of likely N-dealkylation sites (tertiary alicyclic amines) is 1. The van der Waals surface area contributed by atoms with Crippen molar-refractivity contribution < 1.29 is 28.8 Å². The third kappa shape index (κ3) is 8.82. The summed E-state index contributed by atoms with van der Waals surface area (Å²) in [7, 11) is 0. The Morgan fingerprint density at radius 2 is 1.48 bits per heavy atom. The van der Waals surface area contributed by atoms with E-state index in [2.05, 4.69) is 61.5 Å². The van der Waals surface area contributed by atoms with E-state index in [-0.39, 0.29) is 24.7 Å². The molecule has 1 N–H and O–H groups in total. The van der Waals surface area contributed by atoms with Crippen molar-refractivity contribution in [1.29, 1.82) is 0 Å². The van der Waals surface area contributed by atoms with Crippen molar-refractivity contribution in [3.8, 4) is 5.75 Å². The van der Waals surface area contributed by atoms with Crippen molar-refractivity contribution in [2.24, 2.45) is 0 Å². The molecule has 1 heterocycles. The second-order valence-corrected chi connectivity index (χ2v) is 11.3. The van der Waals surface area contributed by atoms with Gasteiger partial charge in [0, 0.05) is 18.9 Å². The molecule has 1 amide bonds. The molecule has 0 bridgehead atoms. The first-order valence-corrected chi connectivity index (χ1v) is 15.6. The van der Waals surface area contributed by atoms with Gasteiger partial charge in [0.05, 0.1) is 51.7 Å². The molecule has 1 aliphatic rings.